The van der Waals surface area contributed by atoms with Crippen LogP contribution in [0.5, 0.6) is 0 Å². The third kappa shape index (κ3) is 2.06. The molecule has 0 atom stereocenters. The number of hydrogen-bond acceptors (Lipinski definition) is 3. The molecule has 3 rings (SSSR count). The van der Waals surface area contributed by atoms with Gasteiger partial charge in [-0.3, -0.25) is 4.79 Å². The highest BCUT2D eigenvalue weighted by atomic mass is 16.1. The number of nitrogens with zero attached hydrogens (tertiary/aromatic N) is 3. The zero-order valence-electron chi connectivity index (χ0n) is 10.4. The van der Waals surface area contributed by atoms with Crippen molar-refractivity contribution in [1.82, 2.24) is 14.6 Å². The van der Waals surface area contributed by atoms with Crippen molar-refractivity contribution in [2.75, 3.05) is 5.32 Å². The molecule has 0 saturated carbocycles. The second kappa shape index (κ2) is 4.53. The fourth-order valence-electron chi connectivity index (χ4n) is 2.06. The van der Waals surface area contributed by atoms with E-state index in [1.165, 1.54) is 0 Å². The predicted octanol–water partition coefficient (Wildman–Crippen LogP) is 2.27. The molecule has 0 spiro atoms. The summed E-state index contributed by atoms with van der Waals surface area (Å²) in [6.45, 7) is 1.93. The number of anilines is 1. The van der Waals surface area contributed by atoms with E-state index in [9.17, 15) is 4.79 Å². The molecule has 0 radical (unpaired) electrons. The Balaban J connectivity index is 2.18. The largest absolute Gasteiger partial charge is 0.329 e. The fraction of sp³-hybridized carbons (Fsp3) is 0.0714. The number of carbonyl (C=O) groups excluding carboxylic acids is 1. The van der Waals surface area contributed by atoms with Gasteiger partial charge in [-0.05, 0) is 25.1 Å². The van der Waals surface area contributed by atoms with Gasteiger partial charge in [-0.15, -0.1) is 0 Å². The molecule has 0 aliphatic heterocycles. The van der Waals surface area contributed by atoms with Crippen LogP contribution in [0.1, 0.15) is 5.69 Å². The zero-order chi connectivity index (χ0) is 13.2. The van der Waals surface area contributed by atoms with Gasteiger partial charge in [0.15, 0.2) is 5.65 Å². The minimum Gasteiger partial charge on any atom is -0.329 e. The van der Waals surface area contributed by atoms with E-state index in [1.54, 1.807) is 10.7 Å². The molecule has 0 aliphatic carbocycles. The Hall–Kier alpha value is -2.69. The topological polar surface area (TPSA) is 59.3 Å². The van der Waals surface area contributed by atoms with Crippen molar-refractivity contribution in [3.05, 3.63) is 48.3 Å². The van der Waals surface area contributed by atoms with E-state index in [-0.39, 0.29) is 0 Å². The molecular formula is C14H12N4O. The number of hydrogen-bond donors (Lipinski definition) is 1. The summed E-state index contributed by atoms with van der Waals surface area (Å²) in [5, 5.41) is 7.07. The van der Waals surface area contributed by atoms with Crippen LogP contribution in [-0.2, 0) is 4.79 Å². The van der Waals surface area contributed by atoms with Crippen LogP contribution >= 0.6 is 0 Å². The van der Waals surface area contributed by atoms with Gasteiger partial charge >= 0.3 is 0 Å². The van der Waals surface area contributed by atoms with Crippen molar-refractivity contribution < 1.29 is 4.79 Å². The first-order chi connectivity index (χ1) is 9.28. The highest BCUT2D eigenvalue weighted by Crippen LogP contribution is 2.22. The van der Waals surface area contributed by atoms with Gasteiger partial charge < -0.3 is 5.32 Å². The quantitative estimate of drug-likeness (QED) is 0.727. The molecule has 0 bridgehead atoms. The van der Waals surface area contributed by atoms with Crippen molar-refractivity contribution in [3.63, 3.8) is 0 Å². The molecule has 0 saturated heterocycles. The standard InChI is InChI=1S/C14H12N4O/c1-10-7-14-15-6-5-13(18(14)17-10)11-3-2-4-12(8-11)16-9-19/h2-9H,1H3,(H,16,19). The lowest BCUT2D eigenvalue weighted by Crippen LogP contribution is -1.97. The third-order valence-corrected chi connectivity index (χ3v) is 2.86. The average molecular weight is 252 g/mol. The number of amides is 1. The zero-order valence-corrected chi connectivity index (χ0v) is 10.4. The summed E-state index contributed by atoms with van der Waals surface area (Å²) < 4.78 is 1.80. The summed E-state index contributed by atoms with van der Waals surface area (Å²) in [4.78, 5) is 14.8. The smallest absolute Gasteiger partial charge is 0.211 e. The second-order valence-electron chi connectivity index (χ2n) is 4.23. The van der Waals surface area contributed by atoms with Gasteiger partial charge in [0.25, 0.3) is 0 Å². The molecule has 1 amide bonds. The molecule has 1 aromatic carbocycles. The number of carbonyl (C=O) groups is 1. The number of aryl methyl sites for hydroxylation is 1. The molecule has 2 aromatic heterocycles. The Labute approximate surface area is 109 Å². The van der Waals surface area contributed by atoms with Gasteiger partial charge in [0.05, 0.1) is 11.4 Å². The normalized spacial score (nSPS) is 10.6. The van der Waals surface area contributed by atoms with E-state index in [0.29, 0.717) is 6.41 Å². The fourth-order valence-corrected chi connectivity index (χ4v) is 2.06. The van der Waals surface area contributed by atoms with Crippen LogP contribution in [0.15, 0.2) is 42.6 Å². The maximum absolute atomic E-state index is 10.5. The summed E-state index contributed by atoms with van der Waals surface area (Å²) in [6.07, 6.45) is 2.42. The van der Waals surface area contributed by atoms with Gasteiger partial charge in [-0.2, -0.15) is 5.10 Å². The lowest BCUT2D eigenvalue weighted by molar-refractivity contribution is -0.105. The first-order valence-corrected chi connectivity index (χ1v) is 5.90. The Morgan fingerprint density at radius 1 is 1.26 bits per heavy atom. The number of benzene rings is 1. The molecule has 3 aromatic rings. The maximum Gasteiger partial charge on any atom is 0.211 e. The van der Waals surface area contributed by atoms with E-state index in [1.807, 2.05) is 43.3 Å². The van der Waals surface area contributed by atoms with Crippen molar-refractivity contribution >= 4 is 17.7 Å². The SMILES string of the molecule is Cc1cc2nccc(-c3cccc(NC=O)c3)n2n1. The third-order valence-electron chi connectivity index (χ3n) is 2.86. The number of fused-ring (bicyclic) bond motifs is 1. The van der Waals surface area contributed by atoms with Gasteiger partial charge in [-0.25, -0.2) is 9.50 Å². The first kappa shape index (κ1) is 11.4. The first-order valence-electron chi connectivity index (χ1n) is 5.90. The summed E-state index contributed by atoms with van der Waals surface area (Å²) >= 11 is 0. The molecule has 19 heavy (non-hydrogen) atoms. The molecule has 5 heteroatoms. The second-order valence-corrected chi connectivity index (χ2v) is 4.23. The Morgan fingerprint density at radius 3 is 3.00 bits per heavy atom. The van der Waals surface area contributed by atoms with Crippen LogP contribution in [0.25, 0.3) is 16.9 Å². The van der Waals surface area contributed by atoms with E-state index in [0.717, 1.165) is 28.3 Å². The summed E-state index contributed by atoms with van der Waals surface area (Å²) in [7, 11) is 0. The molecule has 0 fully saturated rings. The van der Waals surface area contributed by atoms with Gasteiger partial charge in [0.1, 0.15) is 0 Å². The molecular weight excluding hydrogens is 240 g/mol. The van der Waals surface area contributed by atoms with Crippen LogP contribution in [0.4, 0.5) is 5.69 Å². The molecule has 2 heterocycles. The van der Waals surface area contributed by atoms with Crippen LogP contribution in [-0.4, -0.2) is 21.0 Å². The average Bonchev–Trinajstić information content (AvgIpc) is 2.79. The van der Waals surface area contributed by atoms with E-state index in [4.69, 9.17) is 0 Å². The summed E-state index contributed by atoms with van der Waals surface area (Å²) in [6, 6.07) is 11.4. The monoisotopic (exact) mass is 252 g/mol. The lowest BCUT2D eigenvalue weighted by Gasteiger charge is -2.06. The Bertz CT molecular complexity index is 748. The highest BCUT2D eigenvalue weighted by molar-refractivity contribution is 5.75. The molecule has 94 valence electrons. The highest BCUT2D eigenvalue weighted by Gasteiger charge is 2.06. The lowest BCUT2D eigenvalue weighted by atomic mass is 10.1. The van der Waals surface area contributed by atoms with Gasteiger partial charge in [0.2, 0.25) is 6.41 Å². The Kier molecular flexibility index (Phi) is 2.72. The maximum atomic E-state index is 10.5. The van der Waals surface area contributed by atoms with E-state index < -0.39 is 0 Å². The molecule has 0 aliphatic rings. The van der Waals surface area contributed by atoms with Crippen LogP contribution in [0.2, 0.25) is 0 Å². The number of rotatable bonds is 3. The predicted molar refractivity (Wildman–Crippen MR) is 72.8 cm³/mol. The van der Waals surface area contributed by atoms with Crippen molar-refractivity contribution in [2.45, 2.75) is 6.92 Å². The minimum atomic E-state index is 0.666. The molecule has 1 N–H and O–H groups in total. The summed E-state index contributed by atoms with van der Waals surface area (Å²) in [5.41, 5.74) is 4.39. The molecule has 5 nitrogen and oxygen atoms in total. The molecule has 0 unspecified atom stereocenters. The van der Waals surface area contributed by atoms with Crippen molar-refractivity contribution in [1.29, 1.82) is 0 Å². The Morgan fingerprint density at radius 2 is 2.16 bits per heavy atom. The van der Waals surface area contributed by atoms with Crippen LogP contribution < -0.4 is 5.32 Å². The van der Waals surface area contributed by atoms with Gasteiger partial charge in [-0.1, -0.05) is 12.1 Å². The van der Waals surface area contributed by atoms with Crippen molar-refractivity contribution in [3.8, 4) is 11.3 Å². The summed E-state index contributed by atoms with van der Waals surface area (Å²) in [5.74, 6) is 0. The van der Waals surface area contributed by atoms with Crippen molar-refractivity contribution in [2.24, 2.45) is 0 Å². The van der Waals surface area contributed by atoms with Crippen LogP contribution in [0.3, 0.4) is 0 Å². The number of nitrogens with one attached hydrogen (secondary N) is 1. The minimum absolute atomic E-state index is 0.666. The number of aromatic nitrogens is 3. The van der Waals surface area contributed by atoms with Crippen LogP contribution in [0, 0.1) is 6.92 Å². The van der Waals surface area contributed by atoms with E-state index >= 15 is 0 Å². The van der Waals surface area contributed by atoms with Gasteiger partial charge in [0, 0.05) is 23.5 Å². The van der Waals surface area contributed by atoms with E-state index in [2.05, 4.69) is 15.4 Å².